The summed E-state index contributed by atoms with van der Waals surface area (Å²) in [4.78, 5) is 18.8. The topological polar surface area (TPSA) is 79.8 Å². The van der Waals surface area contributed by atoms with E-state index < -0.39 is 10.0 Å². The lowest BCUT2D eigenvalue weighted by molar-refractivity contribution is 0.0692. The van der Waals surface area contributed by atoms with E-state index in [1.54, 1.807) is 29.5 Å². The third-order valence-electron chi connectivity index (χ3n) is 4.75. The zero-order chi connectivity index (χ0) is 20.3. The smallest absolute Gasteiger partial charge is 0.273 e. The Morgan fingerprint density at radius 2 is 1.82 bits per heavy atom. The Kier molecular flexibility index (Phi) is 6.49. The molecule has 1 aromatic heterocycles. The second-order valence-electron chi connectivity index (χ2n) is 6.98. The summed E-state index contributed by atoms with van der Waals surface area (Å²) >= 11 is 1.38. The highest BCUT2D eigenvalue weighted by Gasteiger charge is 2.31. The van der Waals surface area contributed by atoms with Crippen LogP contribution in [-0.4, -0.2) is 61.8 Å². The Morgan fingerprint density at radius 1 is 1.18 bits per heavy atom. The first-order valence-corrected chi connectivity index (χ1v) is 11.5. The normalized spacial score (nSPS) is 15.9. The van der Waals surface area contributed by atoms with Crippen molar-refractivity contribution >= 4 is 27.3 Å². The van der Waals surface area contributed by atoms with Crippen LogP contribution in [0.15, 0.2) is 34.5 Å². The maximum absolute atomic E-state index is 12.9. The number of ether oxygens (including phenoxy) is 1. The zero-order valence-corrected chi connectivity index (χ0v) is 17.9. The van der Waals surface area contributed by atoms with Gasteiger partial charge >= 0.3 is 0 Å². The van der Waals surface area contributed by atoms with Gasteiger partial charge in [0.05, 0.1) is 11.5 Å². The van der Waals surface area contributed by atoms with Crippen LogP contribution in [-0.2, 0) is 21.4 Å². The van der Waals surface area contributed by atoms with Crippen molar-refractivity contribution < 1.29 is 17.9 Å². The van der Waals surface area contributed by atoms with Crippen LogP contribution in [0, 0.1) is 0 Å². The van der Waals surface area contributed by atoms with E-state index in [9.17, 15) is 13.2 Å². The van der Waals surface area contributed by atoms with Gasteiger partial charge in [-0.05, 0) is 23.6 Å². The fraction of sp³-hybridized carbons (Fsp3) is 0.474. The van der Waals surface area contributed by atoms with Gasteiger partial charge in [0.2, 0.25) is 10.0 Å². The summed E-state index contributed by atoms with van der Waals surface area (Å²) in [7, 11) is -1.97. The van der Waals surface area contributed by atoms with Gasteiger partial charge < -0.3 is 9.64 Å². The number of methoxy groups -OCH3 is 1. The number of nitrogens with zero attached hydrogens (tertiary/aromatic N) is 3. The number of aromatic nitrogens is 1. The van der Waals surface area contributed by atoms with Crippen molar-refractivity contribution in [2.45, 2.75) is 31.3 Å². The highest BCUT2D eigenvalue weighted by Crippen LogP contribution is 2.22. The van der Waals surface area contributed by atoms with Gasteiger partial charge in [-0.25, -0.2) is 13.4 Å². The second kappa shape index (κ2) is 8.69. The summed E-state index contributed by atoms with van der Waals surface area (Å²) in [6.45, 7) is 5.75. The molecule has 0 unspecified atom stereocenters. The molecule has 0 atom stereocenters. The van der Waals surface area contributed by atoms with Gasteiger partial charge in [0.25, 0.3) is 5.91 Å². The van der Waals surface area contributed by atoms with Gasteiger partial charge in [-0.2, -0.15) is 4.31 Å². The van der Waals surface area contributed by atoms with Gasteiger partial charge in [-0.1, -0.05) is 26.0 Å². The molecule has 1 amide bonds. The molecular formula is C19H25N3O4S2. The monoisotopic (exact) mass is 423 g/mol. The lowest BCUT2D eigenvalue weighted by Crippen LogP contribution is -2.50. The summed E-state index contributed by atoms with van der Waals surface area (Å²) in [6, 6.07) is 7.04. The van der Waals surface area contributed by atoms with Crippen LogP contribution in [0.2, 0.25) is 0 Å². The molecule has 1 saturated heterocycles. The minimum absolute atomic E-state index is 0.170. The maximum Gasteiger partial charge on any atom is 0.273 e. The van der Waals surface area contributed by atoms with Crippen molar-refractivity contribution in [3.8, 4) is 0 Å². The van der Waals surface area contributed by atoms with Crippen LogP contribution in [0.4, 0.5) is 0 Å². The Labute approximate surface area is 170 Å². The van der Waals surface area contributed by atoms with Crippen LogP contribution in [0.1, 0.15) is 40.8 Å². The van der Waals surface area contributed by atoms with Crippen LogP contribution >= 0.6 is 11.3 Å². The van der Waals surface area contributed by atoms with Crippen molar-refractivity contribution in [2.24, 2.45) is 0 Å². The number of hydrogen-bond acceptors (Lipinski definition) is 6. The molecule has 1 aliphatic heterocycles. The highest BCUT2D eigenvalue weighted by atomic mass is 32.2. The molecule has 1 aromatic carbocycles. The molecule has 3 rings (SSSR count). The quantitative estimate of drug-likeness (QED) is 0.713. The van der Waals surface area contributed by atoms with E-state index in [0.717, 1.165) is 10.6 Å². The summed E-state index contributed by atoms with van der Waals surface area (Å²) in [6.07, 6.45) is 0. The molecule has 152 valence electrons. The third kappa shape index (κ3) is 4.43. The fourth-order valence-electron chi connectivity index (χ4n) is 3.07. The summed E-state index contributed by atoms with van der Waals surface area (Å²) < 4.78 is 32.2. The molecule has 1 aliphatic rings. The number of sulfonamides is 1. The molecule has 9 heteroatoms. The number of thiazole rings is 1. The average molecular weight is 424 g/mol. The molecular weight excluding hydrogens is 398 g/mol. The molecule has 28 heavy (non-hydrogen) atoms. The number of rotatable bonds is 6. The second-order valence-corrected chi connectivity index (χ2v) is 9.86. The Hall–Kier alpha value is -1.81. The standard InChI is InChI=1S/C19H25N3O4S2/c1-14(2)15-4-6-16(7-5-15)28(24,25)22-10-8-21(9-11-22)19(23)17-13-27-18(20-17)12-26-3/h4-7,13-14H,8-12H2,1-3H3. The van der Waals surface area contributed by atoms with Gasteiger partial charge in [0, 0.05) is 38.7 Å². The van der Waals surface area contributed by atoms with Crippen LogP contribution < -0.4 is 0 Å². The van der Waals surface area contributed by atoms with E-state index in [1.807, 2.05) is 12.1 Å². The number of hydrogen-bond donors (Lipinski definition) is 0. The predicted molar refractivity (Wildman–Crippen MR) is 108 cm³/mol. The molecule has 0 radical (unpaired) electrons. The van der Waals surface area contributed by atoms with Gasteiger partial charge in [0.1, 0.15) is 10.7 Å². The minimum Gasteiger partial charge on any atom is -0.378 e. The molecule has 0 saturated carbocycles. The number of piperazine rings is 1. The third-order valence-corrected chi connectivity index (χ3v) is 7.48. The average Bonchev–Trinajstić information content (AvgIpc) is 3.16. The van der Waals surface area contributed by atoms with E-state index in [4.69, 9.17) is 4.74 Å². The number of amides is 1. The Morgan fingerprint density at radius 3 is 2.39 bits per heavy atom. The van der Waals surface area contributed by atoms with Crippen molar-refractivity contribution in [1.82, 2.24) is 14.2 Å². The van der Waals surface area contributed by atoms with Gasteiger partial charge in [-0.3, -0.25) is 4.79 Å². The van der Waals surface area contributed by atoms with E-state index in [2.05, 4.69) is 18.8 Å². The maximum atomic E-state index is 12.9. The number of carbonyl (C=O) groups is 1. The van der Waals surface area contributed by atoms with Gasteiger partial charge in [0.15, 0.2) is 0 Å². The Balaban J connectivity index is 1.64. The first-order chi connectivity index (χ1) is 13.3. The summed E-state index contributed by atoms with van der Waals surface area (Å²) in [5.41, 5.74) is 1.49. The molecule has 0 bridgehead atoms. The van der Waals surface area contributed by atoms with Crippen molar-refractivity contribution in [1.29, 1.82) is 0 Å². The molecule has 7 nitrogen and oxygen atoms in total. The van der Waals surface area contributed by atoms with E-state index in [1.165, 1.54) is 15.6 Å². The Bertz CT molecular complexity index is 915. The largest absolute Gasteiger partial charge is 0.378 e. The van der Waals surface area contributed by atoms with E-state index >= 15 is 0 Å². The lowest BCUT2D eigenvalue weighted by Gasteiger charge is -2.33. The minimum atomic E-state index is -3.56. The molecule has 2 aromatic rings. The fourth-order valence-corrected chi connectivity index (χ4v) is 5.23. The molecule has 0 spiro atoms. The molecule has 1 fully saturated rings. The van der Waals surface area contributed by atoms with Crippen molar-refractivity contribution in [3.63, 3.8) is 0 Å². The van der Waals surface area contributed by atoms with Crippen LogP contribution in [0.3, 0.4) is 0 Å². The summed E-state index contributed by atoms with van der Waals surface area (Å²) in [5, 5.41) is 2.47. The first kappa shape index (κ1) is 20.9. The predicted octanol–water partition coefficient (Wildman–Crippen LogP) is 2.56. The van der Waals surface area contributed by atoms with Gasteiger partial charge in [-0.15, -0.1) is 11.3 Å². The molecule has 2 heterocycles. The number of carbonyl (C=O) groups excluding carboxylic acids is 1. The van der Waals surface area contributed by atoms with Crippen molar-refractivity contribution in [2.75, 3.05) is 33.3 Å². The van der Waals surface area contributed by atoms with Crippen LogP contribution in [0.5, 0.6) is 0 Å². The van der Waals surface area contributed by atoms with Crippen molar-refractivity contribution in [3.05, 3.63) is 45.9 Å². The lowest BCUT2D eigenvalue weighted by atomic mass is 10.0. The first-order valence-electron chi connectivity index (χ1n) is 9.15. The molecule has 0 aliphatic carbocycles. The van der Waals surface area contributed by atoms with Crippen LogP contribution in [0.25, 0.3) is 0 Å². The van der Waals surface area contributed by atoms with E-state index in [0.29, 0.717) is 36.2 Å². The highest BCUT2D eigenvalue weighted by molar-refractivity contribution is 7.89. The van der Waals surface area contributed by atoms with E-state index in [-0.39, 0.29) is 19.0 Å². The SMILES string of the molecule is COCc1nc(C(=O)N2CCN(S(=O)(=O)c3ccc(C(C)C)cc3)CC2)cs1. The zero-order valence-electron chi connectivity index (χ0n) is 16.3. The summed E-state index contributed by atoms with van der Waals surface area (Å²) in [5.74, 6) is 0.179. The number of benzene rings is 1. The molecule has 0 N–H and O–H groups in total.